The van der Waals surface area contributed by atoms with E-state index in [2.05, 4.69) is 20.8 Å². The van der Waals surface area contributed by atoms with Gasteiger partial charge >= 0.3 is 6.09 Å². The Morgan fingerprint density at radius 2 is 1.90 bits per heavy atom. The van der Waals surface area contributed by atoms with Gasteiger partial charge in [0.15, 0.2) is 0 Å². The number of aromatic nitrogens is 4. The summed E-state index contributed by atoms with van der Waals surface area (Å²) in [6, 6.07) is 9.39. The van der Waals surface area contributed by atoms with Crippen LogP contribution in [0, 0.1) is 5.92 Å². The predicted octanol–water partition coefficient (Wildman–Crippen LogP) is 2.22. The summed E-state index contributed by atoms with van der Waals surface area (Å²) in [6.07, 6.45) is 3.28. The third-order valence-corrected chi connectivity index (χ3v) is 5.10. The normalized spacial score (nSPS) is 16.2. The molecule has 0 radical (unpaired) electrons. The van der Waals surface area contributed by atoms with Gasteiger partial charge in [-0.05, 0) is 55.5 Å². The zero-order valence-electron chi connectivity index (χ0n) is 17.8. The minimum atomic E-state index is -0.510. The molecule has 1 aliphatic rings. The number of hydrogen-bond donors (Lipinski definition) is 1. The lowest BCUT2D eigenvalue weighted by Gasteiger charge is -2.34. The van der Waals surface area contributed by atoms with E-state index in [1.54, 1.807) is 0 Å². The van der Waals surface area contributed by atoms with Crippen LogP contribution in [0.5, 0.6) is 0 Å². The standard InChI is InChI=1S/C21H30N6O3/c1-21(2,3)30-20(29)22-14-17-9-11-26(12-10-17)19(28)18(27-15-23-24-25-27)13-16-7-5-4-6-8-16/h4-8,15,17-18H,9-14H2,1-3H3,(H,22,29)/t18-/m1/s1. The molecule has 0 saturated carbocycles. The minimum Gasteiger partial charge on any atom is -0.444 e. The first kappa shape index (κ1) is 21.7. The van der Waals surface area contributed by atoms with Crippen molar-refractivity contribution in [3.05, 3.63) is 42.2 Å². The second-order valence-electron chi connectivity index (χ2n) is 8.65. The molecule has 2 heterocycles. The van der Waals surface area contributed by atoms with E-state index in [1.165, 1.54) is 11.0 Å². The number of ether oxygens (including phenoxy) is 1. The van der Waals surface area contributed by atoms with Crippen LogP contribution in [0.25, 0.3) is 0 Å². The van der Waals surface area contributed by atoms with Gasteiger partial charge in [-0.25, -0.2) is 9.48 Å². The Labute approximate surface area is 176 Å². The first-order valence-corrected chi connectivity index (χ1v) is 10.3. The van der Waals surface area contributed by atoms with Gasteiger partial charge in [-0.2, -0.15) is 0 Å². The molecule has 162 valence electrons. The Hall–Kier alpha value is -2.97. The van der Waals surface area contributed by atoms with Crippen molar-refractivity contribution in [3.8, 4) is 0 Å². The Kier molecular flexibility index (Phi) is 7.02. The van der Waals surface area contributed by atoms with Gasteiger partial charge in [0, 0.05) is 26.1 Å². The maximum Gasteiger partial charge on any atom is 0.407 e. The van der Waals surface area contributed by atoms with Gasteiger partial charge in [0.1, 0.15) is 18.0 Å². The molecule has 2 aromatic rings. The number of carbonyl (C=O) groups excluding carboxylic acids is 2. The number of nitrogens with zero attached hydrogens (tertiary/aromatic N) is 5. The lowest BCUT2D eigenvalue weighted by Crippen LogP contribution is -2.45. The Morgan fingerprint density at radius 3 is 2.50 bits per heavy atom. The van der Waals surface area contributed by atoms with Crippen molar-refractivity contribution in [3.63, 3.8) is 0 Å². The molecule has 1 aliphatic heterocycles. The third-order valence-electron chi connectivity index (χ3n) is 5.10. The van der Waals surface area contributed by atoms with Crippen molar-refractivity contribution in [2.24, 2.45) is 5.92 Å². The SMILES string of the molecule is CC(C)(C)OC(=O)NCC1CCN(C(=O)[C@@H](Cc2ccccc2)n2cnnn2)CC1. The number of rotatable bonds is 6. The largest absolute Gasteiger partial charge is 0.444 e. The molecule has 1 aromatic carbocycles. The van der Waals surface area contributed by atoms with Crippen LogP contribution in [0.2, 0.25) is 0 Å². The van der Waals surface area contributed by atoms with Crippen LogP contribution in [0.1, 0.15) is 45.2 Å². The maximum atomic E-state index is 13.3. The van der Waals surface area contributed by atoms with Crippen molar-refractivity contribution >= 4 is 12.0 Å². The number of benzene rings is 1. The van der Waals surface area contributed by atoms with E-state index >= 15 is 0 Å². The topological polar surface area (TPSA) is 102 Å². The second kappa shape index (κ2) is 9.69. The molecule has 1 N–H and O–H groups in total. The van der Waals surface area contributed by atoms with E-state index in [0.29, 0.717) is 32.0 Å². The lowest BCUT2D eigenvalue weighted by molar-refractivity contribution is -0.136. The molecule has 0 spiro atoms. The second-order valence-corrected chi connectivity index (χ2v) is 8.65. The van der Waals surface area contributed by atoms with E-state index in [-0.39, 0.29) is 5.91 Å². The molecule has 1 atom stereocenters. The van der Waals surface area contributed by atoms with Crippen LogP contribution < -0.4 is 5.32 Å². The van der Waals surface area contributed by atoms with Gasteiger partial charge in [0.2, 0.25) is 5.91 Å². The number of nitrogens with one attached hydrogen (secondary N) is 1. The summed E-state index contributed by atoms with van der Waals surface area (Å²) in [7, 11) is 0. The summed E-state index contributed by atoms with van der Waals surface area (Å²) in [5, 5.41) is 14.2. The quantitative estimate of drug-likeness (QED) is 0.778. The van der Waals surface area contributed by atoms with Crippen LogP contribution in [0.15, 0.2) is 36.7 Å². The monoisotopic (exact) mass is 414 g/mol. The molecule has 3 rings (SSSR count). The van der Waals surface area contributed by atoms with Gasteiger partial charge in [0.25, 0.3) is 0 Å². The maximum absolute atomic E-state index is 13.3. The number of piperidine rings is 1. The van der Waals surface area contributed by atoms with Gasteiger partial charge in [-0.1, -0.05) is 30.3 Å². The van der Waals surface area contributed by atoms with Gasteiger partial charge in [-0.3, -0.25) is 4.79 Å². The molecule has 30 heavy (non-hydrogen) atoms. The molecular formula is C21H30N6O3. The highest BCUT2D eigenvalue weighted by molar-refractivity contribution is 5.80. The van der Waals surface area contributed by atoms with Crippen LogP contribution in [0.4, 0.5) is 4.79 Å². The Balaban J connectivity index is 1.54. The average molecular weight is 415 g/mol. The summed E-state index contributed by atoms with van der Waals surface area (Å²) in [4.78, 5) is 27.0. The Bertz CT molecular complexity index is 811. The highest BCUT2D eigenvalue weighted by atomic mass is 16.6. The summed E-state index contributed by atoms with van der Waals surface area (Å²) in [5.41, 5.74) is 0.548. The molecule has 9 heteroatoms. The van der Waals surface area contributed by atoms with Crippen LogP contribution in [-0.2, 0) is 16.0 Å². The minimum absolute atomic E-state index is 0.0182. The Morgan fingerprint density at radius 1 is 1.20 bits per heavy atom. The van der Waals surface area contributed by atoms with E-state index in [0.717, 1.165) is 18.4 Å². The lowest BCUT2D eigenvalue weighted by atomic mass is 9.95. The van der Waals surface area contributed by atoms with Crippen molar-refractivity contribution < 1.29 is 14.3 Å². The summed E-state index contributed by atoms with van der Waals surface area (Å²) >= 11 is 0. The van der Waals surface area contributed by atoms with E-state index in [4.69, 9.17) is 4.74 Å². The van der Waals surface area contributed by atoms with Gasteiger partial charge in [-0.15, -0.1) is 5.10 Å². The number of amides is 2. The summed E-state index contributed by atoms with van der Waals surface area (Å²) in [5.74, 6) is 0.340. The van der Waals surface area contributed by atoms with Gasteiger partial charge < -0.3 is 15.0 Å². The first-order valence-electron chi connectivity index (χ1n) is 10.3. The van der Waals surface area contributed by atoms with E-state index < -0.39 is 17.7 Å². The number of carbonyl (C=O) groups is 2. The van der Waals surface area contributed by atoms with Crippen molar-refractivity contribution in [2.45, 2.75) is 51.7 Å². The average Bonchev–Trinajstić information content (AvgIpc) is 3.24. The molecule has 1 aromatic heterocycles. The van der Waals surface area contributed by atoms with Gasteiger partial charge in [0.05, 0.1) is 0 Å². The van der Waals surface area contributed by atoms with Crippen LogP contribution >= 0.6 is 0 Å². The number of hydrogen-bond acceptors (Lipinski definition) is 6. The van der Waals surface area contributed by atoms with Crippen molar-refractivity contribution in [2.75, 3.05) is 19.6 Å². The summed E-state index contributed by atoms with van der Waals surface area (Å²) < 4.78 is 6.81. The molecular weight excluding hydrogens is 384 g/mol. The molecule has 2 amide bonds. The number of alkyl carbamates (subject to hydrolysis) is 1. The third kappa shape index (κ3) is 6.27. The zero-order valence-corrected chi connectivity index (χ0v) is 17.8. The highest BCUT2D eigenvalue weighted by Gasteiger charge is 2.30. The molecule has 0 aliphatic carbocycles. The molecule has 0 unspecified atom stereocenters. The van der Waals surface area contributed by atoms with E-state index in [9.17, 15) is 9.59 Å². The fourth-order valence-electron chi connectivity index (χ4n) is 3.55. The van der Waals surface area contributed by atoms with Crippen LogP contribution in [-0.4, -0.2) is 62.3 Å². The van der Waals surface area contributed by atoms with Crippen LogP contribution in [0.3, 0.4) is 0 Å². The highest BCUT2D eigenvalue weighted by Crippen LogP contribution is 2.22. The molecule has 9 nitrogen and oxygen atoms in total. The smallest absolute Gasteiger partial charge is 0.407 e. The fourth-order valence-corrected chi connectivity index (χ4v) is 3.55. The van der Waals surface area contributed by atoms with E-state index in [1.807, 2.05) is 56.0 Å². The predicted molar refractivity (Wildman–Crippen MR) is 111 cm³/mol. The zero-order chi connectivity index (χ0) is 21.6. The molecule has 0 bridgehead atoms. The summed E-state index contributed by atoms with van der Waals surface area (Å²) in [6.45, 7) is 7.37. The first-order chi connectivity index (χ1) is 14.3. The molecule has 1 saturated heterocycles. The molecule has 1 fully saturated rings. The number of tetrazole rings is 1. The van der Waals surface area contributed by atoms with Crippen molar-refractivity contribution in [1.29, 1.82) is 0 Å². The number of likely N-dealkylation sites (tertiary alicyclic amines) is 1. The fraction of sp³-hybridized carbons (Fsp3) is 0.571. The van der Waals surface area contributed by atoms with Crippen molar-refractivity contribution in [1.82, 2.24) is 30.4 Å².